The van der Waals surface area contributed by atoms with Crippen LogP contribution < -0.4 is 15.5 Å². The minimum absolute atomic E-state index is 0.246. The van der Waals surface area contributed by atoms with E-state index in [0.29, 0.717) is 21.3 Å². The molecule has 4 aromatic carbocycles. The largest absolute Gasteiger partial charge is 0.422 e. The molecule has 0 radical (unpaired) electrons. The lowest BCUT2D eigenvalue weighted by Gasteiger charge is -2.09. The fourth-order valence-electron chi connectivity index (χ4n) is 3.17. The molecule has 0 unspecified atom stereocenters. The van der Waals surface area contributed by atoms with Crippen LogP contribution in [0.5, 0.6) is 5.75 Å². The maximum Gasteiger partial charge on any atom is 0.343 e. The lowest BCUT2D eigenvalue weighted by Crippen LogP contribution is -2.32. The molecule has 0 aromatic heterocycles. The van der Waals surface area contributed by atoms with Gasteiger partial charge in [0.15, 0.2) is 0 Å². The van der Waals surface area contributed by atoms with Crippen LogP contribution in [0.15, 0.2) is 101 Å². The topological polar surface area (TPSA) is 96.9 Å². The first-order valence-electron chi connectivity index (χ1n) is 10.2. The molecule has 168 valence electrons. The van der Waals surface area contributed by atoms with Crippen molar-refractivity contribution in [3.63, 3.8) is 0 Å². The van der Waals surface area contributed by atoms with Crippen LogP contribution in [0.3, 0.4) is 0 Å². The second-order valence-electron chi connectivity index (χ2n) is 7.12. The van der Waals surface area contributed by atoms with Crippen LogP contribution in [0.1, 0.15) is 15.9 Å². The van der Waals surface area contributed by atoms with Gasteiger partial charge in [-0.05, 0) is 41.8 Å². The number of benzene rings is 4. The highest BCUT2D eigenvalue weighted by Gasteiger charge is 2.15. The molecule has 4 aromatic rings. The van der Waals surface area contributed by atoms with Crippen molar-refractivity contribution < 1.29 is 19.1 Å². The molecule has 2 amide bonds. The van der Waals surface area contributed by atoms with Gasteiger partial charge in [0.1, 0.15) is 5.75 Å². The van der Waals surface area contributed by atoms with Crippen LogP contribution in [0, 0.1) is 0 Å². The Labute approximate surface area is 203 Å². The van der Waals surface area contributed by atoms with Crippen molar-refractivity contribution in [2.75, 3.05) is 5.32 Å². The van der Waals surface area contributed by atoms with E-state index in [1.54, 1.807) is 60.7 Å². The van der Waals surface area contributed by atoms with E-state index >= 15 is 0 Å². The SMILES string of the molecule is O=C(NN=Cc1cc(Br)ccc1OC(=O)c1ccccc1)C(=O)Nc1cccc2ccccc12. The summed E-state index contributed by atoms with van der Waals surface area (Å²) in [4.78, 5) is 37.0. The van der Waals surface area contributed by atoms with Gasteiger partial charge in [-0.2, -0.15) is 5.10 Å². The summed E-state index contributed by atoms with van der Waals surface area (Å²) in [5, 5.41) is 8.20. The first-order valence-corrected chi connectivity index (χ1v) is 11.0. The van der Waals surface area contributed by atoms with Gasteiger partial charge in [-0.3, -0.25) is 9.59 Å². The minimum atomic E-state index is -0.943. The molecule has 0 spiro atoms. The van der Waals surface area contributed by atoms with Crippen LogP contribution in [-0.4, -0.2) is 24.0 Å². The Hall–Kier alpha value is -4.30. The van der Waals surface area contributed by atoms with Crippen molar-refractivity contribution in [1.29, 1.82) is 0 Å². The maximum atomic E-state index is 12.4. The fraction of sp³-hybridized carbons (Fsp3) is 0. The van der Waals surface area contributed by atoms with E-state index in [-0.39, 0.29) is 5.75 Å². The van der Waals surface area contributed by atoms with Gasteiger partial charge in [-0.1, -0.05) is 70.5 Å². The predicted octanol–water partition coefficient (Wildman–Crippen LogP) is 4.91. The molecule has 0 aliphatic rings. The monoisotopic (exact) mass is 515 g/mol. The first-order chi connectivity index (χ1) is 16.5. The van der Waals surface area contributed by atoms with Crippen LogP contribution in [0.25, 0.3) is 10.8 Å². The van der Waals surface area contributed by atoms with Crippen molar-refractivity contribution in [2.45, 2.75) is 0 Å². The normalized spacial score (nSPS) is 10.7. The third-order valence-corrected chi connectivity index (χ3v) is 5.29. The molecule has 0 aliphatic carbocycles. The van der Waals surface area contributed by atoms with Crippen molar-refractivity contribution in [3.8, 4) is 5.75 Å². The number of fused-ring (bicyclic) bond motifs is 1. The van der Waals surface area contributed by atoms with Gasteiger partial charge in [0.25, 0.3) is 0 Å². The molecule has 0 bridgehead atoms. The predicted molar refractivity (Wildman–Crippen MR) is 134 cm³/mol. The van der Waals surface area contributed by atoms with Crippen molar-refractivity contribution in [3.05, 3.63) is 107 Å². The summed E-state index contributed by atoms with van der Waals surface area (Å²) in [6.45, 7) is 0. The van der Waals surface area contributed by atoms with E-state index < -0.39 is 17.8 Å². The molecule has 7 nitrogen and oxygen atoms in total. The number of hydrogen-bond acceptors (Lipinski definition) is 5. The highest BCUT2D eigenvalue weighted by molar-refractivity contribution is 9.10. The Morgan fingerprint density at radius 2 is 1.56 bits per heavy atom. The third-order valence-electron chi connectivity index (χ3n) is 4.80. The lowest BCUT2D eigenvalue weighted by atomic mass is 10.1. The number of carbonyl (C=O) groups excluding carboxylic acids is 3. The molecule has 0 saturated carbocycles. The molecule has 0 saturated heterocycles. The van der Waals surface area contributed by atoms with Gasteiger partial charge < -0.3 is 10.1 Å². The number of anilines is 1. The number of halogens is 1. The van der Waals surface area contributed by atoms with Gasteiger partial charge >= 0.3 is 17.8 Å². The zero-order valence-electron chi connectivity index (χ0n) is 17.7. The molecular weight excluding hydrogens is 498 g/mol. The van der Waals surface area contributed by atoms with Crippen molar-refractivity contribution >= 4 is 56.4 Å². The minimum Gasteiger partial charge on any atom is -0.422 e. The number of nitrogens with zero attached hydrogens (tertiary/aromatic N) is 1. The number of ether oxygens (including phenoxy) is 1. The van der Waals surface area contributed by atoms with E-state index in [1.807, 2.05) is 30.3 Å². The molecule has 4 rings (SSSR count). The van der Waals surface area contributed by atoms with Gasteiger partial charge in [-0.15, -0.1) is 0 Å². The number of hydrazone groups is 1. The second-order valence-corrected chi connectivity index (χ2v) is 8.03. The molecule has 34 heavy (non-hydrogen) atoms. The van der Waals surface area contributed by atoms with E-state index in [4.69, 9.17) is 4.74 Å². The standard InChI is InChI=1S/C26H18BrN3O4/c27-20-13-14-23(34-26(33)18-8-2-1-3-9-18)19(15-20)16-28-30-25(32)24(31)29-22-12-6-10-17-7-4-5-11-21(17)22/h1-16H,(H,29,31)(H,30,32). The molecule has 0 fully saturated rings. The van der Waals surface area contributed by atoms with Crippen molar-refractivity contribution in [2.24, 2.45) is 5.10 Å². The first kappa shape index (κ1) is 22.9. The summed E-state index contributed by atoms with van der Waals surface area (Å²) in [6, 6.07) is 26.5. The maximum absolute atomic E-state index is 12.4. The summed E-state index contributed by atoms with van der Waals surface area (Å²) >= 11 is 3.35. The summed E-state index contributed by atoms with van der Waals surface area (Å²) in [5.41, 5.74) is 3.53. The quantitative estimate of drug-likeness (QED) is 0.130. The van der Waals surface area contributed by atoms with E-state index in [0.717, 1.165) is 10.8 Å². The smallest absolute Gasteiger partial charge is 0.343 e. The number of hydrogen-bond donors (Lipinski definition) is 2. The molecule has 0 atom stereocenters. The number of nitrogens with one attached hydrogen (secondary N) is 2. The molecule has 0 heterocycles. The van der Waals surface area contributed by atoms with Gasteiger partial charge in [0.05, 0.1) is 11.8 Å². The number of carbonyl (C=O) groups is 3. The van der Waals surface area contributed by atoms with Crippen LogP contribution in [0.2, 0.25) is 0 Å². The Bertz CT molecular complexity index is 1400. The zero-order chi connectivity index (χ0) is 23.9. The molecule has 8 heteroatoms. The number of rotatable bonds is 5. The highest BCUT2D eigenvalue weighted by atomic mass is 79.9. The average Bonchev–Trinajstić information content (AvgIpc) is 2.86. The second kappa shape index (κ2) is 10.5. The van der Waals surface area contributed by atoms with Crippen LogP contribution in [0.4, 0.5) is 5.69 Å². The third kappa shape index (κ3) is 5.54. The van der Waals surface area contributed by atoms with Gasteiger partial charge in [0, 0.05) is 21.1 Å². The van der Waals surface area contributed by atoms with Crippen molar-refractivity contribution in [1.82, 2.24) is 5.43 Å². The van der Waals surface area contributed by atoms with Crippen LogP contribution in [-0.2, 0) is 9.59 Å². The molecular formula is C26H18BrN3O4. The number of esters is 1. The van der Waals surface area contributed by atoms with E-state index in [1.165, 1.54) is 6.21 Å². The Balaban J connectivity index is 1.43. The Kier molecular flexibility index (Phi) is 7.10. The average molecular weight is 516 g/mol. The Morgan fingerprint density at radius 1 is 0.824 bits per heavy atom. The van der Waals surface area contributed by atoms with Gasteiger partial charge in [-0.25, -0.2) is 10.2 Å². The molecule has 0 aliphatic heterocycles. The number of amides is 2. The summed E-state index contributed by atoms with van der Waals surface area (Å²) in [5.74, 6) is -2.09. The summed E-state index contributed by atoms with van der Waals surface area (Å²) in [6.07, 6.45) is 1.29. The van der Waals surface area contributed by atoms with E-state index in [2.05, 4.69) is 31.8 Å². The fourth-order valence-corrected chi connectivity index (χ4v) is 3.55. The zero-order valence-corrected chi connectivity index (χ0v) is 19.3. The summed E-state index contributed by atoms with van der Waals surface area (Å²) in [7, 11) is 0. The van der Waals surface area contributed by atoms with Crippen LogP contribution >= 0.6 is 15.9 Å². The van der Waals surface area contributed by atoms with Gasteiger partial charge in [0.2, 0.25) is 0 Å². The highest BCUT2D eigenvalue weighted by Crippen LogP contribution is 2.24. The Morgan fingerprint density at radius 3 is 2.38 bits per heavy atom. The summed E-state index contributed by atoms with van der Waals surface area (Å²) < 4.78 is 6.18. The molecule has 2 N–H and O–H groups in total. The lowest BCUT2D eigenvalue weighted by molar-refractivity contribution is -0.136. The van der Waals surface area contributed by atoms with E-state index in [9.17, 15) is 14.4 Å².